The van der Waals surface area contributed by atoms with Crippen LogP contribution in [0.5, 0.6) is 0 Å². The maximum atomic E-state index is 8.26. The van der Waals surface area contributed by atoms with Crippen molar-refractivity contribution in [2.24, 2.45) is 4.99 Å². The number of nitrogens with one attached hydrogen (secondary N) is 2. The number of benzene rings is 4. The molecule has 0 unspecified atom stereocenters. The molecule has 0 saturated heterocycles. The van der Waals surface area contributed by atoms with Crippen LogP contribution in [0.25, 0.3) is 44.7 Å². The molecule has 10 N–H and O–H groups in total. The largest absolute Gasteiger partial charge is 0.481 e. The molecule has 1 aliphatic rings. The minimum atomic E-state index is 0.169. The number of ether oxygens (including phenoxy) is 1. The second-order valence-electron chi connectivity index (χ2n) is 14.2. The van der Waals surface area contributed by atoms with Crippen molar-refractivity contribution in [3.63, 3.8) is 0 Å². The van der Waals surface area contributed by atoms with Crippen molar-refractivity contribution in [2.45, 2.75) is 6.42 Å². The van der Waals surface area contributed by atoms with Crippen molar-refractivity contribution in [1.29, 1.82) is 10.7 Å². The van der Waals surface area contributed by atoms with Gasteiger partial charge in [-0.25, -0.2) is 4.98 Å². The van der Waals surface area contributed by atoms with E-state index in [0.29, 0.717) is 28.3 Å². The van der Waals surface area contributed by atoms with Gasteiger partial charge in [0, 0.05) is 67.1 Å². The Morgan fingerprint density at radius 3 is 1.62 bits per heavy atom. The SMILES string of the molecule is COC(=N)c1ccncc1.N#Cc1ccncc1.Nc1ccc(-c2ccc(N)c(N)c2)cc1N.c1cc(C2=Nc3cc(-c4ccc5nc(-c6ccncc6)[nH]c5c4)ccc3C2)ccn1. The normalized spacial score (nSPS) is 10.9. The number of rotatable bonds is 5. The molecule has 0 spiro atoms. The summed E-state index contributed by atoms with van der Waals surface area (Å²) in [6.45, 7) is 0. The third-order valence-electron chi connectivity index (χ3n) is 9.94. The number of methoxy groups -OCH3 is 1. The number of aromatic nitrogens is 6. The van der Waals surface area contributed by atoms with Crippen molar-refractivity contribution in [2.75, 3.05) is 30.0 Å². The molecule has 0 radical (unpaired) electrons. The Morgan fingerprint density at radius 2 is 1.08 bits per heavy atom. The summed E-state index contributed by atoms with van der Waals surface area (Å²) in [4.78, 5) is 28.7. The highest BCUT2D eigenvalue weighted by Gasteiger charge is 2.17. The fraction of sp³-hybridized carbons (Fsp3) is 0.0400. The summed E-state index contributed by atoms with van der Waals surface area (Å²) in [6, 6.07) is 40.6. The molecule has 5 aromatic heterocycles. The number of fused-ring (bicyclic) bond motifs is 2. The highest BCUT2D eigenvalue weighted by atomic mass is 16.5. The fourth-order valence-electron chi connectivity index (χ4n) is 6.47. The molecule has 9 aromatic rings. The predicted octanol–water partition coefficient (Wildman–Crippen LogP) is 9.05. The molecule has 0 amide bonds. The smallest absolute Gasteiger partial charge is 0.213 e. The van der Waals surface area contributed by atoms with Gasteiger partial charge in [0.05, 0.1) is 63.9 Å². The average molecular weight is 842 g/mol. The second kappa shape index (κ2) is 20.4. The Labute approximate surface area is 369 Å². The van der Waals surface area contributed by atoms with Gasteiger partial charge in [-0.3, -0.25) is 30.3 Å². The van der Waals surface area contributed by atoms with Crippen LogP contribution in [0.1, 0.15) is 22.3 Å². The number of aromatic amines is 1. The van der Waals surface area contributed by atoms with Crippen LogP contribution in [0.3, 0.4) is 0 Å². The van der Waals surface area contributed by atoms with E-state index >= 15 is 0 Å². The van der Waals surface area contributed by atoms with Crippen LogP contribution in [0, 0.1) is 16.7 Å². The molecule has 6 heterocycles. The Hall–Kier alpha value is -9.22. The van der Waals surface area contributed by atoms with Crippen molar-refractivity contribution in [3.8, 4) is 39.7 Å². The van der Waals surface area contributed by atoms with E-state index in [0.717, 1.165) is 73.6 Å². The number of hydrogen-bond donors (Lipinski definition) is 6. The van der Waals surface area contributed by atoms with E-state index in [2.05, 4.69) is 61.3 Å². The first-order valence-electron chi connectivity index (χ1n) is 19.8. The van der Waals surface area contributed by atoms with Gasteiger partial charge in [-0.2, -0.15) is 5.26 Å². The number of hydrogen-bond acceptors (Lipinski definition) is 13. The minimum absolute atomic E-state index is 0.169. The highest BCUT2D eigenvalue weighted by molar-refractivity contribution is 6.06. The van der Waals surface area contributed by atoms with Gasteiger partial charge >= 0.3 is 0 Å². The zero-order valence-electron chi connectivity index (χ0n) is 34.7. The number of nitrogens with two attached hydrogens (primary N) is 4. The zero-order chi connectivity index (χ0) is 44.8. The number of pyridine rings is 4. The maximum absolute atomic E-state index is 8.26. The van der Waals surface area contributed by atoms with Crippen LogP contribution >= 0.6 is 0 Å². The third-order valence-corrected chi connectivity index (χ3v) is 9.94. The standard InChI is InChI=1S/C25H17N5.C12H14N4.C7H8N2O.C6H4N2/c1-2-20-15-22(16-5-9-26-10-6-16)28-23(20)13-18(1)19-3-4-21-24(14-19)30-25(29-21)17-7-11-27-12-8-17;13-9-3-1-7(5-11(9)15)8-2-4-10(14)12(16)6-8;1-10-7(8)6-2-4-9-5-3-6;7-5-6-1-3-8-4-2-6/h1-14H,15H2,(H,29,30);1-6H,13-16H2;2-5,8H,1H3;1-4H. The van der Waals surface area contributed by atoms with Crippen LogP contribution in [0.2, 0.25) is 0 Å². The van der Waals surface area contributed by atoms with Gasteiger partial charge in [0.2, 0.25) is 5.90 Å². The summed E-state index contributed by atoms with van der Waals surface area (Å²) in [5.74, 6) is 1.02. The first kappa shape index (κ1) is 42.9. The average Bonchev–Trinajstić information content (AvgIpc) is 3.99. The Morgan fingerprint density at radius 1 is 0.578 bits per heavy atom. The van der Waals surface area contributed by atoms with Crippen LogP contribution in [0.4, 0.5) is 28.4 Å². The molecule has 0 saturated carbocycles. The van der Waals surface area contributed by atoms with Gasteiger partial charge in [-0.1, -0.05) is 30.3 Å². The molecular formula is C50H43N13O. The molecule has 4 aromatic carbocycles. The minimum Gasteiger partial charge on any atom is -0.481 e. The maximum Gasteiger partial charge on any atom is 0.213 e. The lowest BCUT2D eigenvalue weighted by atomic mass is 10.0. The number of imidazole rings is 1. The van der Waals surface area contributed by atoms with E-state index in [9.17, 15) is 0 Å². The Kier molecular flexibility index (Phi) is 13.6. The van der Waals surface area contributed by atoms with Gasteiger partial charge in [0.15, 0.2) is 0 Å². The van der Waals surface area contributed by atoms with Gasteiger partial charge in [-0.05, 0) is 124 Å². The molecular weight excluding hydrogens is 799 g/mol. The number of nitrogens with zero attached hydrogens (tertiary/aromatic N) is 7. The Bertz CT molecular complexity index is 3030. The van der Waals surface area contributed by atoms with Crippen LogP contribution in [-0.2, 0) is 11.2 Å². The lowest BCUT2D eigenvalue weighted by Crippen LogP contribution is -2.00. The monoisotopic (exact) mass is 841 g/mol. The molecule has 0 bridgehead atoms. The number of nitrogen functional groups attached to an aromatic ring is 4. The zero-order valence-corrected chi connectivity index (χ0v) is 34.7. The van der Waals surface area contributed by atoms with Gasteiger partial charge in [0.25, 0.3) is 0 Å². The van der Waals surface area contributed by atoms with Gasteiger partial charge in [0.1, 0.15) is 5.82 Å². The van der Waals surface area contributed by atoms with Crippen molar-refractivity contribution in [3.05, 3.63) is 193 Å². The highest BCUT2D eigenvalue weighted by Crippen LogP contribution is 2.35. The Balaban J connectivity index is 0.000000150. The first-order chi connectivity index (χ1) is 31.2. The molecule has 0 fully saturated rings. The van der Waals surface area contributed by atoms with Crippen LogP contribution in [-0.4, -0.2) is 48.6 Å². The molecule has 14 nitrogen and oxygen atoms in total. The van der Waals surface area contributed by atoms with Crippen LogP contribution in [0.15, 0.2) is 176 Å². The number of aliphatic imine (C=N–C) groups is 1. The molecule has 0 atom stereocenters. The summed E-state index contributed by atoms with van der Waals surface area (Å²) in [5, 5.41) is 15.5. The van der Waals surface area contributed by atoms with Crippen LogP contribution < -0.4 is 22.9 Å². The van der Waals surface area contributed by atoms with Gasteiger partial charge < -0.3 is 32.7 Å². The summed E-state index contributed by atoms with van der Waals surface area (Å²) >= 11 is 0. The second-order valence-corrected chi connectivity index (χ2v) is 14.2. The van der Waals surface area contributed by atoms with Gasteiger partial charge in [-0.15, -0.1) is 0 Å². The summed E-state index contributed by atoms with van der Waals surface area (Å²) in [5.41, 5.74) is 38.2. The van der Waals surface area contributed by atoms with E-state index < -0.39 is 0 Å². The van der Waals surface area contributed by atoms with E-state index in [-0.39, 0.29) is 5.90 Å². The molecule has 0 aliphatic carbocycles. The predicted molar refractivity (Wildman–Crippen MR) is 255 cm³/mol. The van der Waals surface area contributed by atoms with Crippen molar-refractivity contribution >= 4 is 51.1 Å². The van der Waals surface area contributed by atoms with E-state index in [1.807, 2.05) is 67.0 Å². The molecule has 1 aliphatic heterocycles. The quantitative estimate of drug-likeness (QED) is 0.0541. The molecule has 14 heteroatoms. The molecule has 64 heavy (non-hydrogen) atoms. The van der Waals surface area contributed by atoms with E-state index in [4.69, 9.17) is 48.3 Å². The molecule has 10 rings (SSSR count). The molecule has 314 valence electrons. The fourth-order valence-corrected chi connectivity index (χ4v) is 6.47. The first-order valence-corrected chi connectivity index (χ1v) is 19.8. The van der Waals surface area contributed by atoms with Crippen molar-refractivity contribution in [1.82, 2.24) is 29.9 Å². The van der Waals surface area contributed by atoms with Crippen molar-refractivity contribution < 1.29 is 4.74 Å². The van der Waals surface area contributed by atoms with E-state index in [1.54, 1.807) is 73.6 Å². The van der Waals surface area contributed by atoms with E-state index in [1.165, 1.54) is 12.7 Å². The number of H-pyrrole nitrogens is 1. The topological polar surface area (TPSA) is 254 Å². The summed E-state index contributed by atoms with van der Waals surface area (Å²) in [7, 11) is 1.47. The lowest BCUT2D eigenvalue weighted by Gasteiger charge is -2.07. The number of nitriles is 1. The summed E-state index contributed by atoms with van der Waals surface area (Å²) in [6.07, 6.45) is 14.5. The lowest BCUT2D eigenvalue weighted by molar-refractivity contribution is 0.401. The summed E-state index contributed by atoms with van der Waals surface area (Å²) < 4.78 is 4.69. The third kappa shape index (κ3) is 10.7. The number of anilines is 4.